The molecule has 1 fully saturated rings. The van der Waals surface area contributed by atoms with Gasteiger partial charge in [0.2, 0.25) is 23.6 Å². The molecule has 7 N–H and O–H groups in total. The van der Waals surface area contributed by atoms with Gasteiger partial charge in [-0.3, -0.25) is 19.2 Å². The van der Waals surface area contributed by atoms with Gasteiger partial charge in [0.25, 0.3) is 0 Å². The van der Waals surface area contributed by atoms with Crippen LogP contribution in [0.2, 0.25) is 0 Å². The molecule has 1 aliphatic rings. The Morgan fingerprint density at radius 1 is 0.692 bits per heavy atom. The summed E-state index contributed by atoms with van der Waals surface area (Å²) in [6.45, 7) is 11.2. The number of hydrogen-bond donors (Lipinski definition) is 7. The number of fused-ring (bicyclic) bond motifs is 2. The summed E-state index contributed by atoms with van der Waals surface area (Å²) in [4.78, 5) is 61.9. The van der Waals surface area contributed by atoms with Crippen LogP contribution in [-0.2, 0) is 38.6 Å². The number of benzene rings is 3. The number of carbonyl (C=O) groups is 4. The lowest BCUT2D eigenvalue weighted by Gasteiger charge is -2.28. The minimum absolute atomic E-state index is 0.0390. The molecule has 1 aliphatic heterocycles. The van der Waals surface area contributed by atoms with Crippen molar-refractivity contribution in [3.8, 4) is 5.75 Å². The van der Waals surface area contributed by atoms with Crippen LogP contribution in [0, 0.1) is 17.8 Å². The Bertz CT molecular complexity index is 2550. The first-order valence-electron chi connectivity index (χ1n) is 22.9. The molecule has 0 spiro atoms. The van der Waals surface area contributed by atoms with Crippen LogP contribution in [0.15, 0.2) is 85.2 Å². The van der Waals surface area contributed by atoms with E-state index in [4.69, 9.17) is 14.9 Å². The predicted molar refractivity (Wildman–Crippen MR) is 252 cm³/mol. The molecule has 0 saturated carbocycles. The lowest BCUT2D eigenvalue weighted by molar-refractivity contribution is -0.132. The topological polar surface area (TPSA) is 200 Å². The number of rotatable bonds is 20. The van der Waals surface area contributed by atoms with E-state index in [0.717, 1.165) is 64.4 Å². The van der Waals surface area contributed by atoms with E-state index >= 15 is 0 Å². The number of para-hydroxylation sites is 2. The first kappa shape index (κ1) is 46.5. The Hall–Kier alpha value is -6.48. The first-order chi connectivity index (χ1) is 31.4. The van der Waals surface area contributed by atoms with E-state index in [9.17, 15) is 19.2 Å². The lowest BCUT2D eigenvalue weighted by atomic mass is 9.96. The molecule has 7 rings (SSSR count). The average molecular weight is 885 g/mol. The molecule has 15 nitrogen and oxygen atoms in total. The SMILES string of the molecule is COc1ccc(Cn2c([C@H](Cc3c[nH]c4ccccc34)NC(=O)C3CCNCC3)nnc2[C@@H](Cc2c[nH]c3ccccc23)NC(=O)[C@@H](CC(C)C)NC(=O)[C@@H](CC(C)C)NC(C)=O)cc1. The van der Waals surface area contributed by atoms with E-state index in [1.807, 2.05) is 111 Å². The minimum Gasteiger partial charge on any atom is -0.497 e. The number of methoxy groups -OCH3 is 1. The van der Waals surface area contributed by atoms with E-state index in [0.29, 0.717) is 49.6 Å². The fourth-order valence-electron chi connectivity index (χ4n) is 8.94. The molecule has 3 aromatic heterocycles. The Labute approximate surface area is 380 Å². The smallest absolute Gasteiger partial charge is 0.243 e. The second-order valence-corrected chi connectivity index (χ2v) is 18.2. The number of carbonyl (C=O) groups excluding carboxylic acids is 4. The standard InChI is InChI=1S/C50H64N10O5/c1-30(2)23-44(54-32(5)61)49(63)57-45(24-31(3)4)50(64)56-43(26-36-28-53-41-14-10-8-12-39(36)41)47-59-58-46(60(47)29-33-15-17-37(65-6)18-16-33)42(55-48(62)34-19-21-51-22-20-34)25-35-27-52-40-13-9-7-11-38(35)40/h7-18,27-28,30-31,34,42-45,51-53H,19-26,29H2,1-6H3,(H,54,61)(H,55,62)(H,56,64)(H,57,63)/t42-,43+,44+,45+/m0/s1. The van der Waals surface area contributed by atoms with Crippen LogP contribution in [0.25, 0.3) is 21.8 Å². The van der Waals surface area contributed by atoms with Gasteiger partial charge in [0.05, 0.1) is 25.7 Å². The first-order valence-corrected chi connectivity index (χ1v) is 22.9. The quantitative estimate of drug-likeness (QED) is 0.0472. The largest absolute Gasteiger partial charge is 0.497 e. The molecule has 0 radical (unpaired) electrons. The van der Waals surface area contributed by atoms with Crippen LogP contribution < -0.4 is 31.3 Å². The van der Waals surface area contributed by atoms with Crippen molar-refractivity contribution in [1.29, 1.82) is 0 Å². The summed E-state index contributed by atoms with van der Waals surface area (Å²) in [6, 6.07) is 20.8. The summed E-state index contributed by atoms with van der Waals surface area (Å²) in [5, 5.41) is 27.8. The molecule has 1 saturated heterocycles. The van der Waals surface area contributed by atoms with Gasteiger partial charge in [0.1, 0.15) is 17.8 Å². The molecule has 4 atom stereocenters. The molecule has 0 aliphatic carbocycles. The van der Waals surface area contributed by atoms with Crippen LogP contribution in [-0.4, -0.2) is 80.6 Å². The van der Waals surface area contributed by atoms with Gasteiger partial charge >= 0.3 is 0 Å². The Balaban J connectivity index is 1.33. The van der Waals surface area contributed by atoms with Crippen LogP contribution in [0.4, 0.5) is 0 Å². The van der Waals surface area contributed by atoms with Crippen LogP contribution in [0.3, 0.4) is 0 Å². The van der Waals surface area contributed by atoms with E-state index in [-0.39, 0.29) is 29.6 Å². The monoisotopic (exact) mass is 885 g/mol. The zero-order valence-electron chi connectivity index (χ0n) is 38.4. The zero-order valence-corrected chi connectivity index (χ0v) is 38.4. The maximum absolute atomic E-state index is 14.8. The van der Waals surface area contributed by atoms with Crippen molar-refractivity contribution >= 4 is 45.4 Å². The van der Waals surface area contributed by atoms with Gasteiger partial charge in [-0.25, -0.2) is 0 Å². The van der Waals surface area contributed by atoms with Gasteiger partial charge in [-0.1, -0.05) is 76.2 Å². The van der Waals surface area contributed by atoms with Crippen molar-refractivity contribution in [1.82, 2.24) is 51.3 Å². The Morgan fingerprint density at radius 3 is 1.72 bits per heavy atom. The number of aromatic nitrogens is 5. The Kier molecular flexibility index (Phi) is 15.4. The van der Waals surface area contributed by atoms with Gasteiger partial charge in [-0.2, -0.15) is 0 Å². The molecule has 0 bridgehead atoms. The molecular weight excluding hydrogens is 821 g/mol. The molecule has 0 unspecified atom stereocenters. The fourth-order valence-corrected chi connectivity index (χ4v) is 8.94. The third-order valence-electron chi connectivity index (χ3n) is 12.2. The maximum atomic E-state index is 14.8. The Morgan fingerprint density at radius 2 is 1.20 bits per heavy atom. The summed E-state index contributed by atoms with van der Waals surface area (Å²) in [5.74, 6) is 0.566. The summed E-state index contributed by atoms with van der Waals surface area (Å²) in [6.07, 6.45) is 6.91. The second kappa shape index (κ2) is 21.5. The molecule has 4 heterocycles. The van der Waals surface area contributed by atoms with Gasteiger partial charge in [0, 0.05) is 59.9 Å². The van der Waals surface area contributed by atoms with Crippen molar-refractivity contribution in [3.05, 3.63) is 114 Å². The number of nitrogens with one attached hydrogen (secondary N) is 7. The van der Waals surface area contributed by atoms with E-state index < -0.39 is 36.0 Å². The summed E-state index contributed by atoms with van der Waals surface area (Å²) in [5.41, 5.74) is 4.84. The second-order valence-electron chi connectivity index (χ2n) is 18.2. The highest BCUT2D eigenvalue weighted by molar-refractivity contribution is 5.92. The third-order valence-corrected chi connectivity index (χ3v) is 12.2. The van der Waals surface area contributed by atoms with Gasteiger partial charge < -0.3 is 45.9 Å². The van der Waals surface area contributed by atoms with Crippen molar-refractivity contribution in [2.75, 3.05) is 20.2 Å². The van der Waals surface area contributed by atoms with Crippen molar-refractivity contribution < 1.29 is 23.9 Å². The average Bonchev–Trinajstić information content (AvgIpc) is 4.02. The van der Waals surface area contributed by atoms with Crippen LogP contribution in [0.5, 0.6) is 5.75 Å². The number of nitrogens with zero attached hydrogens (tertiary/aromatic N) is 3. The molecule has 4 amide bonds. The van der Waals surface area contributed by atoms with Crippen LogP contribution in [0.1, 0.15) is 101 Å². The number of ether oxygens (including phenoxy) is 1. The van der Waals surface area contributed by atoms with E-state index in [1.165, 1.54) is 6.92 Å². The van der Waals surface area contributed by atoms with Crippen LogP contribution >= 0.6 is 0 Å². The number of piperidine rings is 1. The summed E-state index contributed by atoms with van der Waals surface area (Å²) < 4.78 is 7.53. The number of hydrogen-bond acceptors (Lipinski definition) is 8. The van der Waals surface area contributed by atoms with Crippen molar-refractivity contribution in [2.24, 2.45) is 17.8 Å². The summed E-state index contributed by atoms with van der Waals surface area (Å²) in [7, 11) is 1.63. The summed E-state index contributed by atoms with van der Waals surface area (Å²) >= 11 is 0. The molecule has 65 heavy (non-hydrogen) atoms. The van der Waals surface area contributed by atoms with E-state index in [2.05, 4.69) is 42.6 Å². The highest BCUT2D eigenvalue weighted by atomic mass is 16.5. The van der Waals surface area contributed by atoms with Crippen molar-refractivity contribution in [3.63, 3.8) is 0 Å². The fraction of sp³-hybridized carbons (Fsp3) is 0.440. The zero-order chi connectivity index (χ0) is 46.0. The highest BCUT2D eigenvalue weighted by Crippen LogP contribution is 2.30. The predicted octanol–water partition coefficient (Wildman–Crippen LogP) is 6.18. The molecule has 15 heteroatoms. The molecule has 6 aromatic rings. The lowest BCUT2D eigenvalue weighted by Crippen LogP contribution is -2.54. The molecule has 3 aromatic carbocycles. The van der Waals surface area contributed by atoms with Gasteiger partial charge in [-0.05, 0) is 91.6 Å². The molecular formula is C50H64N10O5. The maximum Gasteiger partial charge on any atom is 0.243 e. The number of aromatic amines is 2. The number of amides is 4. The van der Waals surface area contributed by atoms with Gasteiger partial charge in [-0.15, -0.1) is 10.2 Å². The molecule has 344 valence electrons. The minimum atomic E-state index is -0.923. The third kappa shape index (κ3) is 11.8. The normalized spacial score (nSPS) is 15.1. The highest BCUT2D eigenvalue weighted by Gasteiger charge is 2.34. The van der Waals surface area contributed by atoms with Crippen molar-refractivity contribution in [2.45, 2.75) is 104 Å². The van der Waals surface area contributed by atoms with E-state index in [1.54, 1.807) is 7.11 Å². The van der Waals surface area contributed by atoms with Gasteiger partial charge in [0.15, 0.2) is 11.6 Å². The number of H-pyrrole nitrogens is 2.